The molecule has 0 atom stereocenters. The van der Waals surface area contributed by atoms with Crippen molar-refractivity contribution in [2.45, 2.75) is 37.5 Å². The van der Waals surface area contributed by atoms with Crippen molar-refractivity contribution >= 4 is 10.1 Å². The number of unbranched alkanes of at least 4 members (excludes halogenated alkanes) is 1. The summed E-state index contributed by atoms with van der Waals surface area (Å²) in [6.07, 6.45) is 7.53. The standard InChI is InChI=1S/C17H23NO4S/c1-14-9-11-16(12-10-14)23(19,20)22-13-4-3-6-15-7-5-8-17(15)18-21-2/h7-12,18H,3-6,13H2,1-2H3. The number of allylic oxidation sites excluding steroid dienone is 3. The van der Waals surface area contributed by atoms with Gasteiger partial charge in [0.2, 0.25) is 0 Å². The molecule has 0 amide bonds. The predicted octanol–water partition coefficient (Wildman–Crippen LogP) is 3.24. The van der Waals surface area contributed by atoms with Crippen molar-refractivity contribution in [1.29, 1.82) is 0 Å². The Morgan fingerprint density at radius 3 is 2.57 bits per heavy atom. The highest BCUT2D eigenvalue weighted by Gasteiger charge is 2.15. The molecule has 0 aromatic heterocycles. The third-order valence-corrected chi connectivity index (χ3v) is 4.96. The quantitative estimate of drug-likeness (QED) is 0.426. The Bertz CT molecular complexity index is 675. The lowest BCUT2D eigenvalue weighted by Gasteiger charge is -2.10. The highest BCUT2D eigenvalue weighted by molar-refractivity contribution is 7.86. The van der Waals surface area contributed by atoms with Crippen molar-refractivity contribution in [3.8, 4) is 0 Å². The van der Waals surface area contributed by atoms with E-state index in [1.54, 1.807) is 31.4 Å². The van der Waals surface area contributed by atoms with Crippen LogP contribution < -0.4 is 5.48 Å². The van der Waals surface area contributed by atoms with E-state index in [0.29, 0.717) is 6.42 Å². The average Bonchev–Trinajstić information content (AvgIpc) is 2.95. The summed E-state index contributed by atoms with van der Waals surface area (Å²) in [6, 6.07) is 6.67. The Hall–Kier alpha value is -1.63. The van der Waals surface area contributed by atoms with E-state index in [2.05, 4.69) is 17.6 Å². The maximum atomic E-state index is 12.0. The summed E-state index contributed by atoms with van der Waals surface area (Å²) < 4.78 is 29.2. The minimum atomic E-state index is -3.65. The Kier molecular flexibility index (Phi) is 6.38. The summed E-state index contributed by atoms with van der Waals surface area (Å²) in [5.74, 6) is 0. The molecule has 0 saturated carbocycles. The number of hydrogen-bond donors (Lipinski definition) is 1. The van der Waals surface area contributed by atoms with Gasteiger partial charge in [-0.2, -0.15) is 8.42 Å². The Labute approximate surface area is 138 Å². The van der Waals surface area contributed by atoms with Gasteiger partial charge in [0.05, 0.1) is 24.3 Å². The predicted molar refractivity (Wildman–Crippen MR) is 89.1 cm³/mol. The minimum Gasteiger partial charge on any atom is -0.279 e. The van der Waals surface area contributed by atoms with E-state index in [0.717, 1.165) is 30.5 Å². The molecule has 0 bridgehead atoms. The first-order valence-corrected chi connectivity index (χ1v) is 9.08. The van der Waals surface area contributed by atoms with Crippen LogP contribution in [0, 0.1) is 6.92 Å². The molecule has 1 N–H and O–H groups in total. The molecule has 126 valence electrons. The monoisotopic (exact) mass is 337 g/mol. The lowest BCUT2D eigenvalue weighted by atomic mass is 10.1. The molecule has 0 fully saturated rings. The third kappa shape index (κ3) is 5.20. The van der Waals surface area contributed by atoms with Crippen LogP contribution in [-0.2, 0) is 19.1 Å². The van der Waals surface area contributed by atoms with Crippen LogP contribution in [0.5, 0.6) is 0 Å². The number of hydrogen-bond acceptors (Lipinski definition) is 5. The van der Waals surface area contributed by atoms with E-state index >= 15 is 0 Å². The Morgan fingerprint density at radius 1 is 1.13 bits per heavy atom. The number of hydroxylamine groups is 1. The molecule has 2 rings (SSSR count). The van der Waals surface area contributed by atoms with Crippen LogP contribution in [0.3, 0.4) is 0 Å². The lowest BCUT2D eigenvalue weighted by molar-refractivity contribution is 0.119. The molecule has 1 aromatic carbocycles. The SMILES string of the molecule is CONC1=CCC=C1CCCCOS(=O)(=O)c1ccc(C)cc1. The van der Waals surface area contributed by atoms with Gasteiger partial charge in [-0.25, -0.2) is 0 Å². The highest BCUT2D eigenvalue weighted by Crippen LogP contribution is 2.22. The normalized spacial score (nSPS) is 14.5. The van der Waals surface area contributed by atoms with E-state index in [-0.39, 0.29) is 11.5 Å². The molecule has 5 nitrogen and oxygen atoms in total. The largest absolute Gasteiger partial charge is 0.296 e. The molecule has 0 saturated heterocycles. The fourth-order valence-electron chi connectivity index (χ4n) is 2.37. The van der Waals surface area contributed by atoms with E-state index in [1.807, 2.05) is 6.92 Å². The van der Waals surface area contributed by atoms with Crippen LogP contribution in [0.2, 0.25) is 0 Å². The van der Waals surface area contributed by atoms with E-state index in [4.69, 9.17) is 9.02 Å². The van der Waals surface area contributed by atoms with Gasteiger partial charge in [-0.05, 0) is 50.3 Å². The maximum Gasteiger partial charge on any atom is 0.296 e. The number of rotatable bonds is 9. The van der Waals surface area contributed by atoms with Gasteiger partial charge in [0.25, 0.3) is 10.1 Å². The molecule has 0 aliphatic heterocycles. The zero-order valence-corrected chi connectivity index (χ0v) is 14.4. The van der Waals surface area contributed by atoms with Crippen LogP contribution in [0.25, 0.3) is 0 Å². The second-order valence-electron chi connectivity index (χ2n) is 5.44. The van der Waals surface area contributed by atoms with Crippen molar-refractivity contribution in [3.63, 3.8) is 0 Å². The summed E-state index contributed by atoms with van der Waals surface area (Å²) in [6.45, 7) is 2.11. The second-order valence-corrected chi connectivity index (χ2v) is 7.05. The Morgan fingerprint density at radius 2 is 1.87 bits per heavy atom. The topological polar surface area (TPSA) is 64.6 Å². The minimum absolute atomic E-state index is 0.195. The third-order valence-electron chi connectivity index (χ3n) is 3.63. The van der Waals surface area contributed by atoms with Crippen molar-refractivity contribution in [1.82, 2.24) is 5.48 Å². The first-order valence-electron chi connectivity index (χ1n) is 7.67. The summed E-state index contributed by atoms with van der Waals surface area (Å²) >= 11 is 0. The molecule has 1 aliphatic rings. The first kappa shape index (κ1) is 17.7. The van der Waals surface area contributed by atoms with Gasteiger partial charge in [0, 0.05) is 0 Å². The molecule has 6 heteroatoms. The van der Waals surface area contributed by atoms with Gasteiger partial charge in [0.1, 0.15) is 0 Å². The van der Waals surface area contributed by atoms with Crippen molar-refractivity contribution in [2.24, 2.45) is 0 Å². The number of nitrogens with one attached hydrogen (secondary N) is 1. The molecule has 0 heterocycles. The fraction of sp³-hybridized carbons (Fsp3) is 0.412. The first-order chi connectivity index (χ1) is 11.0. The van der Waals surface area contributed by atoms with Crippen LogP contribution in [-0.4, -0.2) is 22.1 Å². The molecule has 0 unspecified atom stereocenters. The smallest absolute Gasteiger partial charge is 0.279 e. The Balaban J connectivity index is 1.73. The van der Waals surface area contributed by atoms with Gasteiger partial charge in [-0.1, -0.05) is 29.8 Å². The van der Waals surface area contributed by atoms with Crippen molar-refractivity contribution in [2.75, 3.05) is 13.7 Å². The second kappa shape index (κ2) is 8.29. The zero-order chi connectivity index (χ0) is 16.7. The van der Waals surface area contributed by atoms with Crippen LogP contribution in [0.4, 0.5) is 0 Å². The molecule has 0 radical (unpaired) electrons. The van der Waals surface area contributed by atoms with Gasteiger partial charge < -0.3 is 0 Å². The lowest BCUT2D eigenvalue weighted by Crippen LogP contribution is -2.12. The van der Waals surface area contributed by atoms with Gasteiger partial charge >= 0.3 is 0 Å². The molecular weight excluding hydrogens is 314 g/mol. The van der Waals surface area contributed by atoms with Crippen molar-refractivity contribution < 1.29 is 17.4 Å². The molecule has 0 spiro atoms. The van der Waals surface area contributed by atoms with E-state index in [1.165, 1.54) is 5.57 Å². The van der Waals surface area contributed by atoms with E-state index in [9.17, 15) is 8.42 Å². The maximum absolute atomic E-state index is 12.0. The summed E-state index contributed by atoms with van der Waals surface area (Å²) in [5.41, 5.74) is 6.07. The van der Waals surface area contributed by atoms with E-state index < -0.39 is 10.1 Å². The van der Waals surface area contributed by atoms with Crippen LogP contribution >= 0.6 is 0 Å². The fourth-order valence-corrected chi connectivity index (χ4v) is 3.32. The molecular formula is C17H23NO4S. The van der Waals surface area contributed by atoms with Gasteiger partial charge in [-0.3, -0.25) is 14.5 Å². The average molecular weight is 337 g/mol. The summed E-state index contributed by atoms with van der Waals surface area (Å²) in [7, 11) is -2.07. The molecule has 1 aliphatic carbocycles. The summed E-state index contributed by atoms with van der Waals surface area (Å²) in [5, 5.41) is 0. The van der Waals surface area contributed by atoms with Gasteiger partial charge in [0.15, 0.2) is 0 Å². The molecule has 1 aromatic rings. The molecule has 23 heavy (non-hydrogen) atoms. The van der Waals surface area contributed by atoms with Gasteiger partial charge in [-0.15, -0.1) is 0 Å². The van der Waals surface area contributed by atoms with Crippen LogP contribution in [0.15, 0.2) is 52.6 Å². The number of aryl methyl sites for hydroxylation is 1. The highest BCUT2D eigenvalue weighted by atomic mass is 32.2. The van der Waals surface area contributed by atoms with Crippen molar-refractivity contribution in [3.05, 3.63) is 53.3 Å². The zero-order valence-electron chi connectivity index (χ0n) is 13.5. The number of benzene rings is 1. The van der Waals surface area contributed by atoms with Crippen LogP contribution in [0.1, 0.15) is 31.2 Å². The summed E-state index contributed by atoms with van der Waals surface area (Å²) in [4.78, 5) is 5.13.